The molecule has 5 aromatic rings. The number of para-hydroxylation sites is 1. The number of amides is 2. The standard InChI is InChI=1S/C36H33BrFN3O2/c1-21(2)19-31(35(42)39-29-18-17-24(37)20-28(29)38)41-34(25-9-5-6-10-26(25)36(41)43)32-27-11-7-8-12-30(27)40(4)33(32)23-15-13-22(3)14-16-23/h5-18,20-21,31,34H,19H2,1-4H3,(H,39,42). The number of carbonyl (C=O) groups excluding carboxylic acids is 2. The van der Waals surface area contributed by atoms with E-state index in [4.69, 9.17) is 0 Å². The number of aromatic nitrogens is 1. The molecule has 0 spiro atoms. The first-order valence-electron chi connectivity index (χ1n) is 14.5. The Labute approximate surface area is 259 Å². The number of hydrogen-bond donors (Lipinski definition) is 1. The smallest absolute Gasteiger partial charge is 0.255 e. The van der Waals surface area contributed by atoms with Gasteiger partial charge in [-0.05, 0) is 60.7 Å². The maximum atomic E-state index is 14.9. The van der Waals surface area contributed by atoms with Gasteiger partial charge in [-0.15, -0.1) is 0 Å². The maximum Gasteiger partial charge on any atom is 0.255 e. The highest BCUT2D eigenvalue weighted by Crippen LogP contribution is 2.48. The molecule has 2 amide bonds. The minimum atomic E-state index is -0.849. The molecule has 0 saturated heterocycles. The molecule has 1 aliphatic rings. The van der Waals surface area contributed by atoms with Crippen LogP contribution >= 0.6 is 15.9 Å². The third kappa shape index (κ3) is 5.16. The van der Waals surface area contributed by atoms with Gasteiger partial charge < -0.3 is 14.8 Å². The summed E-state index contributed by atoms with van der Waals surface area (Å²) < 4.78 is 17.6. The van der Waals surface area contributed by atoms with Crippen molar-refractivity contribution in [2.75, 3.05) is 5.32 Å². The minimum absolute atomic E-state index is 0.0770. The quantitative estimate of drug-likeness (QED) is 0.194. The summed E-state index contributed by atoms with van der Waals surface area (Å²) in [7, 11) is 2.04. The van der Waals surface area contributed by atoms with Crippen LogP contribution in [0.15, 0.2) is 95.5 Å². The van der Waals surface area contributed by atoms with Crippen LogP contribution in [0.4, 0.5) is 10.1 Å². The Balaban J connectivity index is 1.57. The summed E-state index contributed by atoms with van der Waals surface area (Å²) in [6.45, 7) is 6.11. The zero-order valence-corrected chi connectivity index (χ0v) is 26.2. The van der Waals surface area contributed by atoms with Crippen LogP contribution in [0, 0.1) is 18.7 Å². The van der Waals surface area contributed by atoms with Crippen LogP contribution in [-0.4, -0.2) is 27.3 Å². The molecule has 2 heterocycles. The van der Waals surface area contributed by atoms with Gasteiger partial charge in [0.05, 0.1) is 17.4 Å². The highest BCUT2D eigenvalue weighted by atomic mass is 79.9. The fourth-order valence-corrected chi connectivity index (χ4v) is 6.65. The van der Waals surface area contributed by atoms with E-state index in [9.17, 15) is 14.0 Å². The van der Waals surface area contributed by atoms with Gasteiger partial charge in [0.1, 0.15) is 11.9 Å². The third-order valence-electron chi connectivity index (χ3n) is 8.27. The van der Waals surface area contributed by atoms with E-state index in [0.717, 1.165) is 38.9 Å². The molecule has 1 N–H and O–H groups in total. The molecule has 0 aliphatic carbocycles. The summed E-state index contributed by atoms with van der Waals surface area (Å²) in [6.07, 6.45) is 0.408. The number of fused-ring (bicyclic) bond motifs is 2. The van der Waals surface area contributed by atoms with Crippen LogP contribution in [-0.2, 0) is 11.8 Å². The first kappa shape index (κ1) is 28.9. The Morgan fingerprint density at radius 3 is 2.40 bits per heavy atom. The molecule has 218 valence electrons. The summed E-state index contributed by atoms with van der Waals surface area (Å²) in [5.41, 5.74) is 6.68. The van der Waals surface area contributed by atoms with Crippen molar-refractivity contribution in [2.45, 2.75) is 39.3 Å². The van der Waals surface area contributed by atoms with Crippen LogP contribution in [0.1, 0.15) is 53.4 Å². The average Bonchev–Trinajstić information content (AvgIpc) is 3.44. The maximum absolute atomic E-state index is 14.9. The molecule has 2 unspecified atom stereocenters. The van der Waals surface area contributed by atoms with Crippen molar-refractivity contribution in [3.8, 4) is 11.3 Å². The Hall–Kier alpha value is -4.23. The van der Waals surface area contributed by atoms with Crippen LogP contribution in [0.3, 0.4) is 0 Å². The number of carbonyl (C=O) groups is 2. The summed E-state index contributed by atoms with van der Waals surface area (Å²) in [5.74, 6) is -1.08. The van der Waals surface area contributed by atoms with Crippen LogP contribution in [0.25, 0.3) is 22.2 Å². The summed E-state index contributed by atoms with van der Waals surface area (Å²) in [5, 5.41) is 3.82. The minimum Gasteiger partial charge on any atom is -0.343 e. The predicted octanol–water partition coefficient (Wildman–Crippen LogP) is 8.65. The third-order valence-corrected chi connectivity index (χ3v) is 8.76. The van der Waals surface area contributed by atoms with Gasteiger partial charge in [0, 0.05) is 33.6 Å². The zero-order valence-electron chi connectivity index (χ0n) is 24.6. The normalized spacial score (nSPS) is 15.3. The molecule has 5 nitrogen and oxygen atoms in total. The number of nitrogens with zero attached hydrogens (tertiary/aromatic N) is 2. The van der Waals surface area contributed by atoms with Gasteiger partial charge in [0.2, 0.25) is 5.91 Å². The van der Waals surface area contributed by atoms with E-state index >= 15 is 0 Å². The molecule has 1 aromatic heterocycles. The zero-order chi connectivity index (χ0) is 30.4. The molecule has 0 radical (unpaired) electrons. The summed E-state index contributed by atoms with van der Waals surface area (Å²) in [6, 6.07) is 27.3. The molecule has 0 bridgehead atoms. The molecule has 2 atom stereocenters. The molecular formula is C36H33BrFN3O2. The van der Waals surface area contributed by atoms with Crippen molar-refractivity contribution in [1.29, 1.82) is 0 Å². The van der Waals surface area contributed by atoms with Gasteiger partial charge in [-0.25, -0.2) is 4.39 Å². The van der Waals surface area contributed by atoms with Crippen LogP contribution in [0.5, 0.6) is 0 Å². The van der Waals surface area contributed by atoms with Crippen LogP contribution in [0.2, 0.25) is 0 Å². The second-order valence-electron chi connectivity index (χ2n) is 11.7. The number of rotatable bonds is 7. The van der Waals surface area contributed by atoms with Gasteiger partial charge in [0.15, 0.2) is 0 Å². The molecule has 6 rings (SSSR count). The van der Waals surface area contributed by atoms with Gasteiger partial charge in [-0.2, -0.15) is 0 Å². The molecular weight excluding hydrogens is 605 g/mol. The predicted molar refractivity (Wildman–Crippen MR) is 174 cm³/mol. The SMILES string of the molecule is Cc1ccc(-c2c(C3c4ccccc4C(=O)N3C(CC(C)C)C(=O)Nc3ccc(Br)cc3F)c3ccccc3n2C)cc1. The van der Waals surface area contributed by atoms with Crippen molar-refractivity contribution < 1.29 is 14.0 Å². The van der Waals surface area contributed by atoms with Crippen molar-refractivity contribution in [2.24, 2.45) is 13.0 Å². The van der Waals surface area contributed by atoms with E-state index in [2.05, 4.69) is 69.1 Å². The number of anilines is 1. The first-order valence-corrected chi connectivity index (χ1v) is 15.3. The second-order valence-corrected chi connectivity index (χ2v) is 12.6. The number of benzene rings is 4. The lowest BCUT2D eigenvalue weighted by atomic mass is 9.91. The van der Waals surface area contributed by atoms with Gasteiger partial charge >= 0.3 is 0 Å². The molecule has 7 heteroatoms. The van der Waals surface area contributed by atoms with Crippen molar-refractivity contribution in [3.05, 3.63) is 124 Å². The largest absolute Gasteiger partial charge is 0.343 e. The lowest BCUT2D eigenvalue weighted by molar-refractivity contribution is -0.121. The van der Waals surface area contributed by atoms with E-state index in [-0.39, 0.29) is 17.5 Å². The second kappa shape index (κ2) is 11.5. The summed E-state index contributed by atoms with van der Waals surface area (Å²) >= 11 is 3.28. The van der Waals surface area contributed by atoms with E-state index in [1.165, 1.54) is 12.1 Å². The molecule has 4 aromatic carbocycles. The van der Waals surface area contributed by atoms with Crippen molar-refractivity contribution in [3.63, 3.8) is 0 Å². The van der Waals surface area contributed by atoms with Crippen LogP contribution < -0.4 is 5.32 Å². The first-order chi connectivity index (χ1) is 20.7. The van der Waals surface area contributed by atoms with Gasteiger partial charge in [-0.3, -0.25) is 9.59 Å². The number of halogens is 2. The number of nitrogens with one attached hydrogen (secondary N) is 1. The van der Waals surface area contributed by atoms with Gasteiger partial charge in [0.25, 0.3) is 5.91 Å². The molecule has 0 fully saturated rings. The lowest BCUT2D eigenvalue weighted by Crippen LogP contribution is -2.47. The fraction of sp³-hybridized carbons (Fsp3) is 0.222. The highest BCUT2D eigenvalue weighted by Gasteiger charge is 2.46. The van der Waals surface area contributed by atoms with E-state index in [1.54, 1.807) is 11.0 Å². The van der Waals surface area contributed by atoms with E-state index < -0.39 is 23.8 Å². The molecule has 1 aliphatic heterocycles. The molecule has 43 heavy (non-hydrogen) atoms. The average molecular weight is 639 g/mol. The Morgan fingerprint density at radius 2 is 1.67 bits per heavy atom. The Kier molecular flexibility index (Phi) is 7.69. The topological polar surface area (TPSA) is 54.3 Å². The number of hydrogen-bond acceptors (Lipinski definition) is 2. The summed E-state index contributed by atoms with van der Waals surface area (Å²) in [4.78, 5) is 30.2. The number of aryl methyl sites for hydroxylation is 2. The Morgan fingerprint density at radius 1 is 0.977 bits per heavy atom. The fourth-order valence-electron chi connectivity index (χ4n) is 6.31. The van der Waals surface area contributed by atoms with Crippen molar-refractivity contribution in [1.82, 2.24) is 9.47 Å². The van der Waals surface area contributed by atoms with E-state index in [0.29, 0.717) is 16.5 Å². The highest BCUT2D eigenvalue weighted by molar-refractivity contribution is 9.10. The lowest BCUT2D eigenvalue weighted by Gasteiger charge is -2.34. The van der Waals surface area contributed by atoms with E-state index in [1.807, 2.05) is 57.3 Å². The van der Waals surface area contributed by atoms with Crippen molar-refractivity contribution >= 4 is 44.3 Å². The molecule has 0 saturated carbocycles. The monoisotopic (exact) mass is 637 g/mol. The Bertz CT molecular complexity index is 1860. The van der Waals surface area contributed by atoms with Gasteiger partial charge in [-0.1, -0.05) is 96.0 Å².